The van der Waals surface area contributed by atoms with E-state index in [9.17, 15) is 14.4 Å². The fraction of sp³-hybridized carbons (Fsp3) is 0.500. The Balaban J connectivity index is 1.58. The first-order valence-electron chi connectivity index (χ1n) is 13.4. The minimum atomic E-state index is -1.16. The summed E-state index contributed by atoms with van der Waals surface area (Å²) >= 11 is 0. The Hall–Kier alpha value is -3.23. The van der Waals surface area contributed by atoms with Crippen LogP contribution in [-0.4, -0.2) is 71.9 Å². The Kier molecular flexibility index (Phi) is 8.23. The molecule has 4 atom stereocenters. The van der Waals surface area contributed by atoms with E-state index in [4.69, 9.17) is 10.5 Å². The number of piperidine rings is 1. The smallest absolute Gasteiger partial charge is 0.247 e. The zero-order valence-corrected chi connectivity index (χ0v) is 22.9. The zero-order valence-electron chi connectivity index (χ0n) is 22.9. The van der Waals surface area contributed by atoms with Crippen molar-refractivity contribution in [2.24, 2.45) is 11.1 Å². The number of nitrogens with one attached hydrogen (secondary N) is 1. The Bertz CT molecular complexity index is 1130. The van der Waals surface area contributed by atoms with Gasteiger partial charge in [-0.05, 0) is 44.7 Å². The number of hydrogen-bond donors (Lipinski definition) is 2. The lowest BCUT2D eigenvalue weighted by atomic mass is 9.69. The van der Waals surface area contributed by atoms with Gasteiger partial charge in [0.25, 0.3) is 0 Å². The van der Waals surface area contributed by atoms with Crippen LogP contribution in [0.4, 0.5) is 0 Å². The van der Waals surface area contributed by atoms with Gasteiger partial charge in [-0.2, -0.15) is 0 Å². The van der Waals surface area contributed by atoms with Gasteiger partial charge in [-0.1, -0.05) is 60.7 Å². The van der Waals surface area contributed by atoms with E-state index in [0.717, 1.165) is 11.1 Å². The quantitative estimate of drug-likeness (QED) is 0.557. The number of hydrogen-bond acceptors (Lipinski definition) is 5. The summed E-state index contributed by atoms with van der Waals surface area (Å²) in [5.41, 5.74) is 6.27. The van der Waals surface area contributed by atoms with Crippen LogP contribution < -0.4 is 11.1 Å². The molecule has 2 fully saturated rings. The highest BCUT2D eigenvalue weighted by Crippen LogP contribution is 2.49. The molecule has 3 N–H and O–H groups in total. The third-order valence-electron chi connectivity index (χ3n) is 7.90. The van der Waals surface area contributed by atoms with Crippen LogP contribution >= 0.6 is 0 Å². The van der Waals surface area contributed by atoms with Gasteiger partial charge in [0.2, 0.25) is 17.7 Å². The molecule has 0 bridgehead atoms. The zero-order chi connectivity index (χ0) is 27.5. The third kappa shape index (κ3) is 5.76. The second-order valence-corrected chi connectivity index (χ2v) is 11.3. The van der Waals surface area contributed by atoms with Crippen LogP contribution in [0.5, 0.6) is 0 Å². The summed E-state index contributed by atoms with van der Waals surface area (Å²) in [6, 6.07) is 18.8. The van der Waals surface area contributed by atoms with Gasteiger partial charge in [-0.25, -0.2) is 0 Å². The van der Waals surface area contributed by atoms with Crippen LogP contribution in [0.3, 0.4) is 0 Å². The van der Waals surface area contributed by atoms with Gasteiger partial charge in [-0.3, -0.25) is 14.4 Å². The minimum Gasteiger partial charge on any atom is -0.371 e. The maximum absolute atomic E-state index is 14.1. The van der Waals surface area contributed by atoms with Crippen molar-refractivity contribution in [1.82, 2.24) is 15.1 Å². The van der Waals surface area contributed by atoms with Crippen molar-refractivity contribution >= 4 is 17.7 Å². The van der Waals surface area contributed by atoms with Crippen molar-refractivity contribution < 1.29 is 19.1 Å². The molecule has 0 aliphatic carbocycles. The molecule has 2 heterocycles. The van der Waals surface area contributed by atoms with E-state index >= 15 is 0 Å². The standard InChI is InChI=1S/C30H40N4O4/c1-21(38-19-22-12-7-5-8-13-22)25(32-27(36)29(2,3)31)26(35)34-17-11-16-30(20-34)24(18-33(4)28(30)37)23-14-9-6-10-15-23/h5-10,12-15,21,24-25H,11,16-20,31H2,1-4H3,(H,32,36)/t21?,24?,25-,30?/m1/s1. The van der Waals surface area contributed by atoms with E-state index in [1.807, 2.05) is 55.6 Å². The van der Waals surface area contributed by atoms with E-state index < -0.39 is 29.0 Å². The third-order valence-corrected chi connectivity index (χ3v) is 7.90. The number of carbonyl (C=O) groups excluding carboxylic acids is 3. The molecule has 0 saturated carbocycles. The molecule has 8 heteroatoms. The Labute approximate surface area is 225 Å². The normalized spacial score (nSPS) is 23.4. The largest absolute Gasteiger partial charge is 0.371 e. The molecule has 3 unspecified atom stereocenters. The average molecular weight is 521 g/mol. The lowest BCUT2D eigenvalue weighted by Gasteiger charge is -2.43. The molecule has 0 aromatic heterocycles. The van der Waals surface area contributed by atoms with Crippen LogP contribution in [0.2, 0.25) is 0 Å². The second kappa shape index (κ2) is 11.3. The summed E-state index contributed by atoms with van der Waals surface area (Å²) < 4.78 is 6.08. The molecule has 2 saturated heterocycles. The second-order valence-electron chi connectivity index (χ2n) is 11.3. The molecular weight excluding hydrogens is 480 g/mol. The van der Waals surface area contributed by atoms with E-state index in [-0.39, 0.29) is 17.7 Å². The predicted octanol–water partition coefficient (Wildman–Crippen LogP) is 2.68. The minimum absolute atomic E-state index is 0.0143. The van der Waals surface area contributed by atoms with Crippen molar-refractivity contribution in [1.29, 1.82) is 0 Å². The van der Waals surface area contributed by atoms with Gasteiger partial charge in [0.15, 0.2) is 0 Å². The molecule has 8 nitrogen and oxygen atoms in total. The number of rotatable bonds is 8. The number of likely N-dealkylation sites (N-methyl/N-ethyl adjacent to an activating group) is 1. The molecule has 2 aromatic carbocycles. The molecule has 204 valence electrons. The SMILES string of the molecule is CC(OCc1ccccc1)[C@@H](NC(=O)C(C)(C)N)C(=O)N1CCCC2(C1)C(=O)N(C)CC2c1ccccc1. The highest BCUT2D eigenvalue weighted by Gasteiger charge is 2.56. The summed E-state index contributed by atoms with van der Waals surface area (Å²) in [5, 5.41) is 2.86. The first-order chi connectivity index (χ1) is 18.0. The van der Waals surface area contributed by atoms with Crippen LogP contribution in [0, 0.1) is 5.41 Å². The van der Waals surface area contributed by atoms with Crippen LogP contribution in [0.15, 0.2) is 60.7 Å². The fourth-order valence-electron chi connectivity index (χ4n) is 5.70. The molecule has 4 rings (SSSR count). The van der Waals surface area contributed by atoms with Crippen LogP contribution in [0.25, 0.3) is 0 Å². The molecular formula is C30H40N4O4. The van der Waals surface area contributed by atoms with E-state index in [1.54, 1.807) is 30.6 Å². The number of ether oxygens (including phenoxy) is 1. The lowest BCUT2D eigenvalue weighted by molar-refractivity contribution is -0.148. The molecule has 2 aliphatic rings. The first kappa shape index (κ1) is 27.8. The van der Waals surface area contributed by atoms with Gasteiger partial charge in [0.05, 0.1) is 23.7 Å². The van der Waals surface area contributed by atoms with Gasteiger partial charge < -0.3 is 25.6 Å². The molecule has 3 amide bonds. The number of benzene rings is 2. The van der Waals surface area contributed by atoms with Crippen molar-refractivity contribution in [3.63, 3.8) is 0 Å². The van der Waals surface area contributed by atoms with Crippen LogP contribution in [-0.2, 0) is 25.7 Å². The fourth-order valence-corrected chi connectivity index (χ4v) is 5.70. The first-order valence-corrected chi connectivity index (χ1v) is 13.4. The summed E-state index contributed by atoms with van der Waals surface area (Å²) in [4.78, 5) is 44.1. The van der Waals surface area contributed by atoms with E-state index in [0.29, 0.717) is 39.1 Å². The van der Waals surface area contributed by atoms with Crippen molar-refractivity contribution in [3.8, 4) is 0 Å². The topological polar surface area (TPSA) is 105 Å². The maximum Gasteiger partial charge on any atom is 0.247 e. The van der Waals surface area contributed by atoms with Gasteiger partial charge in [0, 0.05) is 32.6 Å². The number of carbonyl (C=O) groups is 3. The Morgan fingerprint density at radius 2 is 1.76 bits per heavy atom. The van der Waals surface area contributed by atoms with Crippen molar-refractivity contribution in [2.75, 3.05) is 26.7 Å². The highest BCUT2D eigenvalue weighted by atomic mass is 16.5. The monoisotopic (exact) mass is 520 g/mol. The summed E-state index contributed by atoms with van der Waals surface area (Å²) in [6.07, 6.45) is 0.808. The Morgan fingerprint density at radius 3 is 2.39 bits per heavy atom. The predicted molar refractivity (Wildman–Crippen MR) is 146 cm³/mol. The highest BCUT2D eigenvalue weighted by molar-refractivity contribution is 5.93. The van der Waals surface area contributed by atoms with Gasteiger partial charge in [-0.15, -0.1) is 0 Å². The Morgan fingerprint density at radius 1 is 1.13 bits per heavy atom. The average Bonchev–Trinajstić information content (AvgIpc) is 3.15. The van der Waals surface area contributed by atoms with Crippen molar-refractivity contribution in [3.05, 3.63) is 71.8 Å². The van der Waals surface area contributed by atoms with Crippen molar-refractivity contribution in [2.45, 2.75) is 63.8 Å². The number of nitrogens with two attached hydrogens (primary N) is 1. The lowest BCUT2D eigenvalue weighted by Crippen LogP contribution is -2.62. The molecule has 2 aromatic rings. The molecule has 0 radical (unpaired) electrons. The molecule has 1 spiro atoms. The van der Waals surface area contributed by atoms with Crippen LogP contribution in [0.1, 0.15) is 50.7 Å². The summed E-state index contributed by atoms with van der Waals surface area (Å²) in [7, 11) is 1.83. The maximum atomic E-state index is 14.1. The summed E-state index contributed by atoms with van der Waals surface area (Å²) in [6.45, 7) is 6.73. The number of likely N-dealkylation sites (tertiary alicyclic amines) is 2. The van der Waals surface area contributed by atoms with Gasteiger partial charge in [0.1, 0.15) is 6.04 Å². The molecule has 2 aliphatic heterocycles. The van der Waals surface area contributed by atoms with E-state index in [2.05, 4.69) is 17.4 Å². The number of nitrogens with zero attached hydrogens (tertiary/aromatic N) is 2. The summed E-state index contributed by atoms with van der Waals surface area (Å²) in [5.74, 6) is -0.631. The molecule has 38 heavy (non-hydrogen) atoms. The van der Waals surface area contributed by atoms with Gasteiger partial charge >= 0.3 is 0 Å². The van der Waals surface area contributed by atoms with E-state index in [1.165, 1.54) is 0 Å². The number of amides is 3.